The Bertz CT molecular complexity index is 517. The summed E-state index contributed by atoms with van der Waals surface area (Å²) in [7, 11) is 0. The highest BCUT2D eigenvalue weighted by Crippen LogP contribution is 2.28. The molecule has 0 bridgehead atoms. The van der Waals surface area contributed by atoms with Crippen LogP contribution in [-0.4, -0.2) is 5.78 Å². The Hall–Kier alpha value is -1.96. The Morgan fingerprint density at radius 3 is 2.11 bits per heavy atom. The van der Waals surface area contributed by atoms with Gasteiger partial charge >= 0.3 is 0 Å². The van der Waals surface area contributed by atoms with Crippen LogP contribution in [0, 0.1) is 5.82 Å². The van der Waals surface area contributed by atoms with Crippen molar-refractivity contribution >= 4 is 5.78 Å². The maximum Gasteiger partial charge on any atom is 0.130 e. The molecule has 1 unspecified atom stereocenters. The first-order chi connectivity index (χ1) is 8.66. The Morgan fingerprint density at radius 1 is 1.00 bits per heavy atom. The van der Waals surface area contributed by atoms with Gasteiger partial charge in [-0.1, -0.05) is 42.5 Å². The quantitative estimate of drug-likeness (QED) is 0.793. The molecule has 1 atom stereocenters. The SMILES string of the molecule is CC(=O)CC(c1ccccc1)c1ccc(F)cc1. The normalized spacial score (nSPS) is 12.1. The van der Waals surface area contributed by atoms with Gasteiger partial charge in [0.25, 0.3) is 0 Å². The second-order valence-corrected chi connectivity index (χ2v) is 4.42. The lowest BCUT2D eigenvalue weighted by molar-refractivity contribution is -0.117. The lowest BCUT2D eigenvalue weighted by Crippen LogP contribution is -2.06. The summed E-state index contributed by atoms with van der Waals surface area (Å²) in [5.41, 5.74) is 2.05. The number of ketones is 1. The van der Waals surface area contributed by atoms with Crippen molar-refractivity contribution in [3.05, 3.63) is 71.5 Å². The second kappa shape index (κ2) is 5.58. The van der Waals surface area contributed by atoms with Crippen LogP contribution in [0.2, 0.25) is 0 Å². The molecule has 0 heterocycles. The zero-order chi connectivity index (χ0) is 13.0. The number of carbonyl (C=O) groups is 1. The topological polar surface area (TPSA) is 17.1 Å². The fourth-order valence-corrected chi connectivity index (χ4v) is 2.10. The van der Waals surface area contributed by atoms with Crippen LogP contribution in [0.5, 0.6) is 0 Å². The van der Waals surface area contributed by atoms with E-state index in [9.17, 15) is 9.18 Å². The average Bonchev–Trinajstić information content (AvgIpc) is 2.38. The van der Waals surface area contributed by atoms with Gasteiger partial charge in [0.2, 0.25) is 0 Å². The highest BCUT2D eigenvalue weighted by atomic mass is 19.1. The number of halogens is 1. The standard InChI is InChI=1S/C16H15FO/c1-12(18)11-16(13-5-3-2-4-6-13)14-7-9-15(17)10-8-14/h2-10,16H,11H2,1H3. The van der Waals surface area contributed by atoms with Gasteiger partial charge in [-0.25, -0.2) is 4.39 Å². The van der Waals surface area contributed by atoms with Gasteiger partial charge in [0.15, 0.2) is 0 Å². The van der Waals surface area contributed by atoms with Gasteiger partial charge in [0.1, 0.15) is 11.6 Å². The number of hydrogen-bond donors (Lipinski definition) is 0. The van der Waals surface area contributed by atoms with Gasteiger partial charge in [0, 0.05) is 12.3 Å². The highest BCUT2D eigenvalue weighted by Gasteiger charge is 2.15. The highest BCUT2D eigenvalue weighted by molar-refractivity contribution is 5.77. The predicted octanol–water partition coefficient (Wildman–Crippen LogP) is 3.94. The summed E-state index contributed by atoms with van der Waals surface area (Å²) < 4.78 is 12.9. The molecule has 1 nitrogen and oxygen atoms in total. The molecule has 2 aromatic carbocycles. The summed E-state index contributed by atoms with van der Waals surface area (Å²) >= 11 is 0. The molecule has 0 aliphatic heterocycles. The van der Waals surface area contributed by atoms with Crippen molar-refractivity contribution in [2.24, 2.45) is 0 Å². The number of rotatable bonds is 4. The molecule has 92 valence electrons. The van der Waals surface area contributed by atoms with Crippen LogP contribution in [0.4, 0.5) is 4.39 Å². The number of hydrogen-bond acceptors (Lipinski definition) is 1. The Labute approximate surface area is 106 Å². The Kier molecular flexibility index (Phi) is 3.88. The van der Waals surface area contributed by atoms with E-state index in [0.29, 0.717) is 6.42 Å². The molecular formula is C16H15FO. The molecule has 0 aromatic heterocycles. The van der Waals surface area contributed by atoms with Gasteiger partial charge < -0.3 is 0 Å². The molecule has 2 rings (SSSR count). The van der Waals surface area contributed by atoms with Gasteiger partial charge in [-0.05, 0) is 30.2 Å². The minimum absolute atomic E-state index is 0.00398. The van der Waals surface area contributed by atoms with E-state index in [1.54, 1.807) is 19.1 Å². The Morgan fingerprint density at radius 2 is 1.56 bits per heavy atom. The van der Waals surface area contributed by atoms with E-state index in [2.05, 4.69) is 0 Å². The lowest BCUT2D eigenvalue weighted by atomic mass is 9.87. The predicted molar refractivity (Wildman–Crippen MR) is 70.0 cm³/mol. The van der Waals surface area contributed by atoms with Gasteiger partial charge in [0.05, 0.1) is 0 Å². The first kappa shape index (κ1) is 12.5. The molecule has 18 heavy (non-hydrogen) atoms. The maximum absolute atomic E-state index is 12.9. The molecule has 0 fully saturated rings. The second-order valence-electron chi connectivity index (χ2n) is 4.42. The lowest BCUT2D eigenvalue weighted by Gasteiger charge is -2.16. The third-order valence-corrected chi connectivity index (χ3v) is 2.97. The van der Waals surface area contributed by atoms with Gasteiger partial charge in [-0.3, -0.25) is 4.79 Å². The molecule has 0 saturated heterocycles. The minimum atomic E-state index is -0.256. The number of benzene rings is 2. The van der Waals surface area contributed by atoms with Crippen LogP contribution in [0.1, 0.15) is 30.4 Å². The van der Waals surface area contributed by atoms with E-state index in [0.717, 1.165) is 11.1 Å². The number of Topliss-reactive ketones (excluding diaryl/α,β-unsaturated/α-hetero) is 1. The van der Waals surface area contributed by atoms with Crippen molar-refractivity contribution in [3.63, 3.8) is 0 Å². The summed E-state index contributed by atoms with van der Waals surface area (Å²) in [6.07, 6.45) is 0.440. The van der Waals surface area contributed by atoms with Crippen molar-refractivity contribution in [2.45, 2.75) is 19.3 Å². The van der Waals surface area contributed by atoms with Crippen LogP contribution in [0.15, 0.2) is 54.6 Å². The summed E-state index contributed by atoms with van der Waals surface area (Å²) in [4.78, 5) is 11.4. The zero-order valence-corrected chi connectivity index (χ0v) is 10.3. The van der Waals surface area contributed by atoms with E-state index in [1.807, 2.05) is 30.3 Å². The molecule has 0 amide bonds. The molecule has 2 aromatic rings. The van der Waals surface area contributed by atoms with E-state index in [-0.39, 0.29) is 17.5 Å². The summed E-state index contributed by atoms with van der Waals surface area (Å²) in [5, 5.41) is 0. The van der Waals surface area contributed by atoms with E-state index in [4.69, 9.17) is 0 Å². The summed E-state index contributed by atoms with van der Waals surface area (Å²) in [6, 6.07) is 16.2. The largest absolute Gasteiger partial charge is 0.300 e. The molecule has 0 radical (unpaired) electrons. The fourth-order valence-electron chi connectivity index (χ4n) is 2.10. The van der Waals surface area contributed by atoms with E-state index in [1.165, 1.54) is 12.1 Å². The van der Waals surface area contributed by atoms with Crippen molar-refractivity contribution in [3.8, 4) is 0 Å². The van der Waals surface area contributed by atoms with E-state index >= 15 is 0 Å². The molecule has 2 heteroatoms. The fraction of sp³-hybridized carbons (Fsp3) is 0.188. The number of carbonyl (C=O) groups excluding carboxylic acids is 1. The molecular weight excluding hydrogens is 227 g/mol. The summed E-state index contributed by atoms with van der Waals surface area (Å²) in [5.74, 6) is -0.120. The summed E-state index contributed by atoms with van der Waals surface area (Å²) in [6.45, 7) is 1.58. The molecule has 0 saturated carbocycles. The van der Waals surface area contributed by atoms with Crippen molar-refractivity contribution in [2.75, 3.05) is 0 Å². The van der Waals surface area contributed by atoms with Gasteiger partial charge in [-0.15, -0.1) is 0 Å². The van der Waals surface area contributed by atoms with Gasteiger partial charge in [-0.2, -0.15) is 0 Å². The van der Waals surface area contributed by atoms with Crippen LogP contribution >= 0.6 is 0 Å². The van der Waals surface area contributed by atoms with Crippen LogP contribution < -0.4 is 0 Å². The minimum Gasteiger partial charge on any atom is -0.300 e. The maximum atomic E-state index is 12.9. The molecule has 0 spiro atoms. The average molecular weight is 242 g/mol. The molecule has 0 N–H and O–H groups in total. The van der Waals surface area contributed by atoms with Crippen molar-refractivity contribution in [1.82, 2.24) is 0 Å². The molecule has 0 aliphatic rings. The third kappa shape index (κ3) is 3.04. The molecule has 0 aliphatic carbocycles. The smallest absolute Gasteiger partial charge is 0.130 e. The first-order valence-electron chi connectivity index (χ1n) is 5.96. The van der Waals surface area contributed by atoms with Crippen LogP contribution in [0.3, 0.4) is 0 Å². The van der Waals surface area contributed by atoms with Crippen LogP contribution in [0.25, 0.3) is 0 Å². The van der Waals surface area contributed by atoms with Crippen molar-refractivity contribution in [1.29, 1.82) is 0 Å². The Balaban J connectivity index is 2.36. The van der Waals surface area contributed by atoms with E-state index < -0.39 is 0 Å². The van der Waals surface area contributed by atoms with Crippen LogP contribution in [-0.2, 0) is 4.79 Å². The first-order valence-corrected chi connectivity index (χ1v) is 5.96. The zero-order valence-electron chi connectivity index (χ0n) is 10.3. The monoisotopic (exact) mass is 242 g/mol. The van der Waals surface area contributed by atoms with Crippen molar-refractivity contribution < 1.29 is 9.18 Å². The third-order valence-electron chi connectivity index (χ3n) is 2.97.